The summed E-state index contributed by atoms with van der Waals surface area (Å²) in [5.41, 5.74) is 2.42. The van der Waals surface area contributed by atoms with Crippen LogP contribution in [-0.4, -0.2) is 35.3 Å². The lowest BCUT2D eigenvalue weighted by molar-refractivity contribution is 0.0209. The van der Waals surface area contributed by atoms with Crippen LogP contribution < -0.4 is 4.90 Å². The molecule has 2 heterocycles. The zero-order chi connectivity index (χ0) is 16.4. The van der Waals surface area contributed by atoms with Crippen LogP contribution in [0.1, 0.15) is 34.6 Å². The third-order valence-corrected chi connectivity index (χ3v) is 4.22. The van der Waals surface area contributed by atoms with Crippen LogP contribution in [0.25, 0.3) is 0 Å². The Bertz CT molecular complexity index is 717. The molecule has 1 aromatic heterocycles. The van der Waals surface area contributed by atoms with Crippen molar-refractivity contribution in [1.29, 1.82) is 0 Å². The third kappa shape index (κ3) is 3.19. The summed E-state index contributed by atoms with van der Waals surface area (Å²) in [5.74, 6) is -0.331. The molecule has 3 rings (SSSR count). The minimum Gasteiger partial charge on any atom is -0.477 e. The van der Waals surface area contributed by atoms with E-state index in [1.807, 2.05) is 18.2 Å². The molecule has 120 valence electrons. The highest BCUT2D eigenvalue weighted by Gasteiger charge is 2.29. The highest BCUT2D eigenvalue weighted by molar-refractivity contribution is 5.85. The van der Waals surface area contributed by atoms with Gasteiger partial charge in [-0.3, -0.25) is 0 Å². The van der Waals surface area contributed by atoms with E-state index in [-0.39, 0.29) is 17.8 Å². The second-order valence-electron chi connectivity index (χ2n) is 5.87. The number of carboxylic acids is 1. The molecule has 23 heavy (non-hydrogen) atoms. The van der Waals surface area contributed by atoms with Gasteiger partial charge in [0, 0.05) is 0 Å². The summed E-state index contributed by atoms with van der Waals surface area (Å²) in [6, 6.07) is 13.4. The molecule has 1 saturated heterocycles. The van der Waals surface area contributed by atoms with Gasteiger partial charge in [0.25, 0.3) is 0 Å². The van der Waals surface area contributed by atoms with Gasteiger partial charge in [-0.2, -0.15) is 0 Å². The number of morpholine rings is 1. The zero-order valence-electron chi connectivity index (χ0n) is 13.3. The number of carboxylic acid groups (broad SMARTS) is 1. The Morgan fingerprint density at radius 2 is 2.04 bits per heavy atom. The normalized spacial score (nSPS) is 21.2. The minimum atomic E-state index is -1.01. The molecule has 0 amide bonds. The first-order chi connectivity index (χ1) is 11.1. The number of aromatic nitrogens is 1. The van der Waals surface area contributed by atoms with Gasteiger partial charge in [-0.25, -0.2) is 9.78 Å². The van der Waals surface area contributed by atoms with Crippen LogP contribution in [0.4, 0.5) is 5.82 Å². The Kier molecular flexibility index (Phi) is 4.30. The molecule has 2 aromatic rings. The summed E-state index contributed by atoms with van der Waals surface area (Å²) in [6.45, 7) is 5.37. The fraction of sp³-hybridized carbons (Fsp3) is 0.333. The standard InChI is InChI=1S/C18H20N2O3/c1-12-6-3-4-7-14(12)16-10-20(13(2)11-23-16)17-9-5-8-15(19-17)18(21)22/h3-9,13,16H,10-11H2,1-2H3,(H,21,22). The van der Waals surface area contributed by atoms with Crippen molar-refractivity contribution in [3.05, 3.63) is 59.3 Å². The van der Waals surface area contributed by atoms with E-state index in [9.17, 15) is 4.79 Å². The van der Waals surface area contributed by atoms with Crippen molar-refractivity contribution in [3.8, 4) is 0 Å². The average Bonchev–Trinajstić information content (AvgIpc) is 2.56. The first kappa shape index (κ1) is 15.5. The van der Waals surface area contributed by atoms with Gasteiger partial charge in [-0.1, -0.05) is 30.3 Å². The van der Waals surface area contributed by atoms with Crippen molar-refractivity contribution in [2.75, 3.05) is 18.1 Å². The fourth-order valence-electron chi connectivity index (χ4n) is 2.91. The number of carbonyl (C=O) groups is 1. The molecule has 2 unspecified atom stereocenters. The number of benzene rings is 1. The molecule has 2 atom stereocenters. The first-order valence-corrected chi connectivity index (χ1v) is 7.70. The number of nitrogens with zero attached hydrogens (tertiary/aromatic N) is 2. The summed E-state index contributed by atoms with van der Waals surface area (Å²) >= 11 is 0. The van der Waals surface area contributed by atoms with Crippen molar-refractivity contribution >= 4 is 11.8 Å². The topological polar surface area (TPSA) is 62.7 Å². The Morgan fingerprint density at radius 1 is 1.26 bits per heavy atom. The highest BCUT2D eigenvalue weighted by Crippen LogP contribution is 2.29. The maximum Gasteiger partial charge on any atom is 0.354 e. The Morgan fingerprint density at radius 3 is 2.78 bits per heavy atom. The van der Waals surface area contributed by atoms with Crippen molar-refractivity contribution < 1.29 is 14.6 Å². The number of aromatic carboxylic acids is 1. The maximum absolute atomic E-state index is 11.1. The van der Waals surface area contributed by atoms with E-state index in [0.717, 1.165) is 0 Å². The van der Waals surface area contributed by atoms with E-state index in [0.29, 0.717) is 19.0 Å². The third-order valence-electron chi connectivity index (χ3n) is 4.22. The molecule has 0 saturated carbocycles. The molecule has 0 radical (unpaired) electrons. The number of hydrogen-bond donors (Lipinski definition) is 1. The quantitative estimate of drug-likeness (QED) is 0.944. The van der Waals surface area contributed by atoms with Gasteiger partial charge in [0.05, 0.1) is 19.2 Å². The van der Waals surface area contributed by atoms with Crippen LogP contribution in [0.5, 0.6) is 0 Å². The van der Waals surface area contributed by atoms with Crippen LogP contribution in [0, 0.1) is 6.92 Å². The number of hydrogen-bond acceptors (Lipinski definition) is 4. The largest absolute Gasteiger partial charge is 0.477 e. The molecule has 0 bridgehead atoms. The summed E-state index contributed by atoms with van der Waals surface area (Å²) in [6.07, 6.45) is -0.0392. The van der Waals surface area contributed by atoms with Gasteiger partial charge >= 0.3 is 5.97 Å². The lowest BCUT2D eigenvalue weighted by Gasteiger charge is -2.39. The second-order valence-corrected chi connectivity index (χ2v) is 5.87. The van der Waals surface area contributed by atoms with Gasteiger partial charge in [-0.15, -0.1) is 0 Å². The predicted octanol–water partition coefficient (Wildman–Crippen LogP) is 3.05. The predicted molar refractivity (Wildman–Crippen MR) is 87.9 cm³/mol. The van der Waals surface area contributed by atoms with Crippen molar-refractivity contribution in [1.82, 2.24) is 4.98 Å². The smallest absolute Gasteiger partial charge is 0.354 e. The fourth-order valence-corrected chi connectivity index (χ4v) is 2.91. The van der Waals surface area contributed by atoms with Crippen LogP contribution in [-0.2, 0) is 4.74 Å². The first-order valence-electron chi connectivity index (χ1n) is 7.70. The number of anilines is 1. The molecule has 1 aliphatic rings. The summed E-state index contributed by atoms with van der Waals surface area (Å²) < 4.78 is 6.00. The van der Waals surface area contributed by atoms with Gasteiger partial charge in [0.15, 0.2) is 5.69 Å². The van der Waals surface area contributed by atoms with Crippen molar-refractivity contribution in [2.24, 2.45) is 0 Å². The number of rotatable bonds is 3. The van der Waals surface area contributed by atoms with E-state index in [4.69, 9.17) is 9.84 Å². The summed E-state index contributed by atoms with van der Waals surface area (Å²) in [4.78, 5) is 17.5. The summed E-state index contributed by atoms with van der Waals surface area (Å²) in [7, 11) is 0. The number of ether oxygens (including phenoxy) is 1. The Labute approximate surface area is 135 Å². The molecular formula is C18H20N2O3. The average molecular weight is 312 g/mol. The number of aryl methyl sites for hydroxylation is 1. The number of pyridine rings is 1. The van der Waals surface area contributed by atoms with Crippen LogP contribution in [0.3, 0.4) is 0 Å². The maximum atomic E-state index is 11.1. The van der Waals surface area contributed by atoms with Gasteiger partial charge in [0.2, 0.25) is 0 Å². The lowest BCUT2D eigenvalue weighted by atomic mass is 10.0. The SMILES string of the molecule is Cc1ccccc1C1CN(c2cccc(C(=O)O)n2)C(C)CO1. The molecule has 1 fully saturated rings. The molecule has 5 nitrogen and oxygen atoms in total. The van der Waals surface area contributed by atoms with Crippen LogP contribution >= 0.6 is 0 Å². The molecule has 1 aromatic carbocycles. The Hall–Kier alpha value is -2.40. The molecule has 1 aliphatic heterocycles. The van der Waals surface area contributed by atoms with Gasteiger partial charge < -0.3 is 14.7 Å². The van der Waals surface area contributed by atoms with E-state index < -0.39 is 5.97 Å². The second kappa shape index (κ2) is 6.38. The molecular weight excluding hydrogens is 292 g/mol. The highest BCUT2D eigenvalue weighted by atomic mass is 16.5. The van der Waals surface area contributed by atoms with Crippen molar-refractivity contribution in [2.45, 2.75) is 26.0 Å². The van der Waals surface area contributed by atoms with E-state index in [1.54, 1.807) is 6.07 Å². The Balaban J connectivity index is 1.88. The van der Waals surface area contributed by atoms with E-state index in [2.05, 4.69) is 35.9 Å². The molecule has 0 aliphatic carbocycles. The molecule has 5 heteroatoms. The lowest BCUT2D eigenvalue weighted by Crippen LogP contribution is -2.45. The molecule has 0 spiro atoms. The zero-order valence-corrected chi connectivity index (χ0v) is 13.3. The monoisotopic (exact) mass is 312 g/mol. The van der Waals surface area contributed by atoms with Gasteiger partial charge in [0.1, 0.15) is 11.9 Å². The van der Waals surface area contributed by atoms with E-state index in [1.165, 1.54) is 17.2 Å². The summed E-state index contributed by atoms with van der Waals surface area (Å²) in [5, 5.41) is 9.13. The van der Waals surface area contributed by atoms with Crippen molar-refractivity contribution in [3.63, 3.8) is 0 Å². The minimum absolute atomic E-state index is 0.0392. The van der Waals surface area contributed by atoms with Crippen LogP contribution in [0.15, 0.2) is 42.5 Å². The molecule has 1 N–H and O–H groups in total. The van der Waals surface area contributed by atoms with Crippen LogP contribution in [0.2, 0.25) is 0 Å². The van der Waals surface area contributed by atoms with Gasteiger partial charge in [-0.05, 0) is 37.1 Å². The van der Waals surface area contributed by atoms with E-state index >= 15 is 0 Å².